The summed E-state index contributed by atoms with van der Waals surface area (Å²) >= 11 is 0. The van der Waals surface area contributed by atoms with Gasteiger partial charge in [0.2, 0.25) is 0 Å². The van der Waals surface area contributed by atoms with Crippen LogP contribution in [0.5, 0.6) is 0 Å². The number of aliphatic imine (C=N–C) groups is 1. The van der Waals surface area contributed by atoms with E-state index < -0.39 is 0 Å². The maximum atomic E-state index is 4.33. The van der Waals surface area contributed by atoms with Crippen molar-refractivity contribution >= 4 is 11.9 Å². The van der Waals surface area contributed by atoms with Crippen LogP contribution in [-0.4, -0.2) is 6.21 Å². The van der Waals surface area contributed by atoms with Crippen molar-refractivity contribution in [1.29, 1.82) is 0 Å². The lowest BCUT2D eigenvalue weighted by Crippen LogP contribution is -1.78. The van der Waals surface area contributed by atoms with E-state index in [1.165, 1.54) is 5.57 Å². The van der Waals surface area contributed by atoms with Crippen molar-refractivity contribution < 1.29 is 0 Å². The van der Waals surface area contributed by atoms with Gasteiger partial charge in [-0.15, -0.1) is 0 Å². The molecule has 0 fully saturated rings. The molecule has 0 spiro atoms. The number of hydrogen-bond acceptors (Lipinski definition) is 1. The van der Waals surface area contributed by atoms with Gasteiger partial charge in [0.05, 0.1) is 5.69 Å². The van der Waals surface area contributed by atoms with Crippen molar-refractivity contribution in [2.75, 3.05) is 0 Å². The van der Waals surface area contributed by atoms with Gasteiger partial charge in [-0.3, -0.25) is 4.99 Å². The molecule has 0 saturated heterocycles. The lowest BCUT2D eigenvalue weighted by atomic mass is 10.2. The average Bonchev–Trinajstić information content (AvgIpc) is 2.26. The van der Waals surface area contributed by atoms with E-state index in [1.54, 1.807) is 0 Å². The summed E-state index contributed by atoms with van der Waals surface area (Å²) in [5.41, 5.74) is 2.19. The first-order chi connectivity index (χ1) is 6.86. The van der Waals surface area contributed by atoms with Gasteiger partial charge in [-0.2, -0.15) is 0 Å². The van der Waals surface area contributed by atoms with E-state index in [2.05, 4.69) is 11.6 Å². The molecule has 0 bridgehead atoms. The second kappa shape index (κ2) is 5.92. The summed E-state index contributed by atoms with van der Waals surface area (Å²) in [4.78, 5) is 4.33. The van der Waals surface area contributed by atoms with Gasteiger partial charge in [0.15, 0.2) is 0 Å². The number of nitrogens with zero attached hydrogens (tertiary/aromatic N) is 1. The van der Waals surface area contributed by atoms with Crippen LogP contribution in [0.2, 0.25) is 0 Å². The van der Waals surface area contributed by atoms with Gasteiger partial charge in [-0.1, -0.05) is 36.9 Å². The molecular formula is C13H15N. The van der Waals surface area contributed by atoms with Crippen LogP contribution in [0.3, 0.4) is 0 Å². The average molecular weight is 185 g/mol. The fraction of sp³-hybridized carbons (Fsp3) is 0.154. The molecule has 1 rings (SSSR count). The van der Waals surface area contributed by atoms with E-state index in [0.717, 1.165) is 12.1 Å². The second-order valence-corrected chi connectivity index (χ2v) is 2.92. The van der Waals surface area contributed by atoms with Crippen LogP contribution < -0.4 is 0 Å². The molecular weight excluding hydrogens is 170 g/mol. The van der Waals surface area contributed by atoms with Gasteiger partial charge in [0, 0.05) is 12.6 Å². The topological polar surface area (TPSA) is 12.4 Å². The Kier molecular flexibility index (Phi) is 4.42. The van der Waals surface area contributed by atoms with Crippen molar-refractivity contribution in [1.82, 2.24) is 0 Å². The Morgan fingerprint density at radius 3 is 2.64 bits per heavy atom. The predicted molar refractivity (Wildman–Crippen MR) is 63.2 cm³/mol. The molecule has 0 radical (unpaired) electrons. The lowest BCUT2D eigenvalue weighted by molar-refractivity contribution is 1.35. The Morgan fingerprint density at radius 2 is 2.07 bits per heavy atom. The Balaban J connectivity index is 2.53. The van der Waals surface area contributed by atoms with Crippen LogP contribution in [0.15, 0.2) is 59.6 Å². The quantitative estimate of drug-likeness (QED) is 0.498. The fourth-order valence-electron chi connectivity index (χ4n) is 1.09. The predicted octanol–water partition coefficient (Wildman–Crippen LogP) is 3.91. The van der Waals surface area contributed by atoms with Crippen LogP contribution >= 0.6 is 0 Å². The van der Waals surface area contributed by atoms with E-state index in [9.17, 15) is 0 Å². The maximum absolute atomic E-state index is 4.33. The first-order valence-corrected chi connectivity index (χ1v) is 4.72. The molecule has 0 atom stereocenters. The minimum atomic E-state index is 0.842. The molecule has 1 heteroatoms. The summed E-state index contributed by atoms with van der Waals surface area (Å²) in [5.74, 6) is 0. The van der Waals surface area contributed by atoms with E-state index in [-0.39, 0.29) is 0 Å². The molecule has 1 nitrogen and oxygen atoms in total. The zero-order valence-corrected chi connectivity index (χ0v) is 8.48. The second-order valence-electron chi connectivity index (χ2n) is 2.92. The lowest BCUT2D eigenvalue weighted by Gasteiger charge is -1.94. The molecule has 1 aromatic carbocycles. The summed E-state index contributed by atoms with van der Waals surface area (Å²) in [6.45, 7) is 5.73. The summed E-state index contributed by atoms with van der Waals surface area (Å²) in [5, 5.41) is 0. The third kappa shape index (κ3) is 3.40. The summed E-state index contributed by atoms with van der Waals surface area (Å²) in [7, 11) is 0. The summed E-state index contributed by atoms with van der Waals surface area (Å²) < 4.78 is 0. The van der Waals surface area contributed by atoms with Crippen LogP contribution in [0.4, 0.5) is 5.69 Å². The van der Waals surface area contributed by atoms with Crippen molar-refractivity contribution in [3.8, 4) is 0 Å². The molecule has 0 saturated carbocycles. The van der Waals surface area contributed by atoms with Gasteiger partial charge in [0.25, 0.3) is 0 Å². The van der Waals surface area contributed by atoms with Crippen LogP contribution in [0, 0.1) is 0 Å². The van der Waals surface area contributed by atoms with Gasteiger partial charge < -0.3 is 0 Å². The highest BCUT2D eigenvalue weighted by molar-refractivity contribution is 5.66. The molecule has 0 heterocycles. The first-order valence-electron chi connectivity index (χ1n) is 4.72. The first kappa shape index (κ1) is 10.5. The van der Waals surface area contributed by atoms with E-state index >= 15 is 0 Å². The van der Waals surface area contributed by atoms with Gasteiger partial charge in [-0.05, 0) is 24.6 Å². The highest BCUT2D eigenvalue weighted by Crippen LogP contribution is 2.09. The third-order valence-electron chi connectivity index (χ3n) is 1.96. The van der Waals surface area contributed by atoms with Gasteiger partial charge in [0.1, 0.15) is 0 Å². The number of benzene rings is 1. The number of rotatable bonds is 4. The fourth-order valence-corrected chi connectivity index (χ4v) is 1.09. The summed E-state index contributed by atoms with van der Waals surface area (Å²) in [6, 6.07) is 9.92. The molecule has 14 heavy (non-hydrogen) atoms. The van der Waals surface area contributed by atoms with Crippen molar-refractivity contribution in [3.63, 3.8) is 0 Å². The van der Waals surface area contributed by atoms with Crippen molar-refractivity contribution in [2.24, 2.45) is 4.99 Å². The SMILES string of the molecule is C=C/C(=C\C)C/C=N\c1ccccc1. The van der Waals surface area contributed by atoms with E-state index in [1.807, 2.05) is 55.6 Å². The minimum Gasteiger partial charge on any atom is -0.261 e. The molecule has 0 N–H and O–H groups in total. The van der Waals surface area contributed by atoms with Crippen molar-refractivity contribution in [3.05, 3.63) is 54.6 Å². The van der Waals surface area contributed by atoms with Crippen molar-refractivity contribution in [2.45, 2.75) is 13.3 Å². The van der Waals surface area contributed by atoms with Gasteiger partial charge in [-0.25, -0.2) is 0 Å². The third-order valence-corrected chi connectivity index (χ3v) is 1.96. The van der Waals surface area contributed by atoms with E-state index in [0.29, 0.717) is 0 Å². The Bertz CT molecular complexity index is 334. The van der Waals surface area contributed by atoms with Crippen LogP contribution in [-0.2, 0) is 0 Å². The number of hydrogen-bond donors (Lipinski definition) is 0. The maximum Gasteiger partial charge on any atom is 0.0625 e. The molecule has 0 aliphatic rings. The highest BCUT2D eigenvalue weighted by Gasteiger charge is 1.86. The van der Waals surface area contributed by atoms with Gasteiger partial charge >= 0.3 is 0 Å². The Morgan fingerprint density at radius 1 is 1.36 bits per heavy atom. The molecule has 1 aromatic rings. The Labute approximate surface area is 85.5 Å². The number of para-hydroxylation sites is 1. The smallest absolute Gasteiger partial charge is 0.0625 e. The highest BCUT2D eigenvalue weighted by atomic mass is 14.7. The summed E-state index contributed by atoms with van der Waals surface area (Å²) in [6.07, 6.45) is 6.66. The number of allylic oxidation sites excluding steroid dienone is 3. The van der Waals surface area contributed by atoms with Crippen LogP contribution in [0.25, 0.3) is 0 Å². The monoisotopic (exact) mass is 185 g/mol. The molecule has 0 aromatic heterocycles. The van der Waals surface area contributed by atoms with E-state index in [4.69, 9.17) is 0 Å². The molecule has 0 amide bonds. The van der Waals surface area contributed by atoms with Crippen LogP contribution in [0.1, 0.15) is 13.3 Å². The standard InChI is InChI=1S/C13H15N/c1-3-12(4-2)10-11-14-13-8-6-5-7-9-13/h3-9,11H,1,10H2,2H3/b12-4+,14-11-. The zero-order valence-electron chi connectivity index (χ0n) is 8.48. The minimum absolute atomic E-state index is 0.842. The molecule has 0 unspecified atom stereocenters. The molecule has 0 aliphatic heterocycles. The molecule has 0 aliphatic carbocycles. The zero-order chi connectivity index (χ0) is 10.2. The Hall–Kier alpha value is -1.63. The normalized spacial score (nSPS) is 11.9. The largest absolute Gasteiger partial charge is 0.261 e. The molecule has 72 valence electrons.